The number of rotatable bonds is 17. The molecule has 0 aromatic heterocycles. The molecule has 0 amide bonds. The van der Waals surface area contributed by atoms with E-state index in [-0.39, 0.29) is 43.9 Å². The topological polar surface area (TPSA) is 97.5 Å². The number of ketones is 1. The van der Waals surface area contributed by atoms with Crippen molar-refractivity contribution in [2.75, 3.05) is 6.54 Å². The van der Waals surface area contributed by atoms with Crippen LogP contribution in [0, 0.1) is 0 Å². The van der Waals surface area contributed by atoms with E-state index in [0.717, 1.165) is 12.8 Å². The van der Waals surface area contributed by atoms with E-state index in [4.69, 9.17) is 10.3 Å². The number of nitrogens with two attached hydrogens (primary N) is 1. The molecular formula is C18H38NNaO4S. The van der Waals surface area contributed by atoms with Crippen LogP contribution in [-0.2, 0) is 14.9 Å². The van der Waals surface area contributed by atoms with Crippen LogP contribution >= 0.6 is 0 Å². The second-order valence-electron chi connectivity index (χ2n) is 6.70. The zero-order chi connectivity index (χ0) is 18.3. The fourth-order valence-corrected chi connectivity index (χ4v) is 3.59. The number of carbonyl (C=O) groups is 1. The molecule has 146 valence electrons. The molecular weight excluding hydrogens is 349 g/mol. The first-order valence-corrected chi connectivity index (χ1v) is 11.1. The average molecular weight is 388 g/mol. The van der Waals surface area contributed by atoms with Crippen LogP contribution in [-0.4, -0.2) is 30.5 Å². The van der Waals surface area contributed by atoms with Crippen molar-refractivity contribution in [1.82, 2.24) is 0 Å². The maximum atomic E-state index is 11.7. The van der Waals surface area contributed by atoms with Crippen molar-refractivity contribution in [3.8, 4) is 0 Å². The molecule has 3 N–H and O–H groups in total. The first kappa shape index (κ1) is 27.8. The fourth-order valence-electron chi connectivity index (χ4n) is 2.90. The third kappa shape index (κ3) is 16.4. The summed E-state index contributed by atoms with van der Waals surface area (Å²) in [6, 6.07) is 0. The Morgan fingerprint density at radius 1 is 0.880 bits per heavy atom. The van der Waals surface area contributed by atoms with Gasteiger partial charge in [-0.3, -0.25) is 9.35 Å². The average Bonchev–Trinajstić information content (AvgIpc) is 2.51. The Balaban J connectivity index is -0.00000264. The Bertz CT molecular complexity index is 421. The molecule has 0 aliphatic heterocycles. The number of carbonyl (C=O) groups excluding carboxylic acids is 1. The smallest absolute Gasteiger partial charge is 1.00 e. The summed E-state index contributed by atoms with van der Waals surface area (Å²) in [4.78, 5) is 11.7. The number of Topliss-reactive ketones (excluding diaryl/α,β-unsaturated/α-hetero) is 1. The molecule has 0 aliphatic rings. The van der Waals surface area contributed by atoms with E-state index in [9.17, 15) is 13.2 Å². The van der Waals surface area contributed by atoms with Crippen molar-refractivity contribution >= 4 is 15.9 Å². The van der Waals surface area contributed by atoms with Gasteiger partial charge in [0.1, 0.15) is 0 Å². The molecule has 0 fully saturated rings. The number of hydrogen-bond donors (Lipinski definition) is 2. The standard InChI is InChI=1S/C18H37NO4S.Na.H/c1-2-3-4-5-6-7-8-9-10-11-12-13-14-15-17(20)18(16-19)24(21,22)23;;/h18H,2-16,19H2,1H3,(H,21,22,23);;/q;+1;-1. The Labute approximate surface area is 178 Å². The van der Waals surface area contributed by atoms with Gasteiger partial charge < -0.3 is 7.16 Å². The SMILES string of the molecule is CCCCCCCCCCCCCCCC(=O)C(CN)S(=O)(=O)O.[H-].[Na+]. The minimum atomic E-state index is -4.36. The maximum absolute atomic E-state index is 11.7. The monoisotopic (exact) mass is 387 g/mol. The zero-order valence-electron chi connectivity index (χ0n) is 17.3. The molecule has 0 aromatic carbocycles. The van der Waals surface area contributed by atoms with Crippen LogP contribution in [0.15, 0.2) is 0 Å². The zero-order valence-corrected chi connectivity index (χ0v) is 19.2. The van der Waals surface area contributed by atoms with Crippen LogP contribution in [0.2, 0.25) is 0 Å². The first-order valence-electron chi connectivity index (χ1n) is 9.62. The van der Waals surface area contributed by atoms with Crippen molar-refractivity contribution in [1.29, 1.82) is 0 Å². The van der Waals surface area contributed by atoms with Gasteiger partial charge in [0.05, 0.1) is 0 Å². The molecule has 0 saturated heterocycles. The van der Waals surface area contributed by atoms with Gasteiger partial charge in [-0.1, -0.05) is 84.0 Å². The third-order valence-electron chi connectivity index (χ3n) is 4.46. The summed E-state index contributed by atoms with van der Waals surface area (Å²) in [6.45, 7) is 1.89. The van der Waals surface area contributed by atoms with E-state index >= 15 is 0 Å². The van der Waals surface area contributed by atoms with Gasteiger partial charge in [-0.2, -0.15) is 8.42 Å². The Morgan fingerprint density at radius 2 is 1.24 bits per heavy atom. The van der Waals surface area contributed by atoms with Gasteiger partial charge in [-0.05, 0) is 6.42 Å². The Morgan fingerprint density at radius 3 is 1.56 bits per heavy atom. The van der Waals surface area contributed by atoms with Gasteiger partial charge in [0.2, 0.25) is 0 Å². The number of hydrogen-bond acceptors (Lipinski definition) is 4. The molecule has 5 nitrogen and oxygen atoms in total. The van der Waals surface area contributed by atoms with E-state index in [0.29, 0.717) is 6.42 Å². The molecule has 1 unspecified atom stereocenters. The normalized spacial score (nSPS) is 12.6. The second-order valence-corrected chi connectivity index (χ2v) is 8.30. The Hall–Kier alpha value is 0.540. The molecule has 0 bridgehead atoms. The van der Waals surface area contributed by atoms with Crippen LogP contribution in [0.25, 0.3) is 0 Å². The molecule has 25 heavy (non-hydrogen) atoms. The van der Waals surface area contributed by atoms with Crippen LogP contribution in [0.5, 0.6) is 0 Å². The predicted octanol–water partition coefficient (Wildman–Crippen LogP) is 1.37. The summed E-state index contributed by atoms with van der Waals surface area (Å²) in [7, 11) is -4.36. The molecule has 0 radical (unpaired) electrons. The predicted molar refractivity (Wildman–Crippen MR) is 101 cm³/mol. The van der Waals surface area contributed by atoms with E-state index in [2.05, 4.69) is 6.92 Å². The minimum Gasteiger partial charge on any atom is -1.00 e. The Kier molecular flexibility index (Phi) is 19.9. The van der Waals surface area contributed by atoms with Gasteiger partial charge >= 0.3 is 29.6 Å². The second kappa shape index (κ2) is 17.9. The summed E-state index contributed by atoms with van der Waals surface area (Å²) in [6.07, 6.45) is 16.0. The van der Waals surface area contributed by atoms with Gasteiger partial charge in [-0.15, -0.1) is 0 Å². The summed E-state index contributed by atoms with van der Waals surface area (Å²) in [5.74, 6) is -0.469. The molecule has 7 heteroatoms. The molecule has 0 saturated carbocycles. The van der Waals surface area contributed by atoms with Crippen molar-refractivity contribution in [3.05, 3.63) is 0 Å². The van der Waals surface area contributed by atoms with Crippen molar-refractivity contribution in [2.24, 2.45) is 5.73 Å². The van der Waals surface area contributed by atoms with E-state index in [1.165, 1.54) is 64.2 Å². The van der Waals surface area contributed by atoms with E-state index in [1.807, 2.05) is 0 Å². The van der Waals surface area contributed by atoms with Crippen molar-refractivity contribution in [2.45, 2.75) is 102 Å². The minimum absolute atomic E-state index is 0. The van der Waals surface area contributed by atoms with Gasteiger partial charge in [0.15, 0.2) is 11.0 Å². The first-order chi connectivity index (χ1) is 11.4. The molecule has 0 aliphatic carbocycles. The number of unbranched alkanes of at least 4 members (excludes halogenated alkanes) is 12. The summed E-state index contributed by atoms with van der Waals surface area (Å²) in [5.41, 5.74) is 5.24. The van der Waals surface area contributed by atoms with E-state index in [1.54, 1.807) is 0 Å². The van der Waals surface area contributed by atoms with Crippen LogP contribution in [0.3, 0.4) is 0 Å². The summed E-state index contributed by atoms with van der Waals surface area (Å²) < 4.78 is 30.9. The fraction of sp³-hybridized carbons (Fsp3) is 0.944. The summed E-state index contributed by atoms with van der Waals surface area (Å²) in [5, 5.41) is -1.45. The van der Waals surface area contributed by atoms with Crippen LogP contribution in [0.1, 0.15) is 98.2 Å². The quantitative estimate of drug-likeness (QED) is 0.223. The van der Waals surface area contributed by atoms with Crippen LogP contribution < -0.4 is 35.3 Å². The third-order valence-corrected chi connectivity index (χ3v) is 5.63. The largest absolute Gasteiger partial charge is 1.00 e. The maximum Gasteiger partial charge on any atom is 1.00 e. The summed E-state index contributed by atoms with van der Waals surface area (Å²) >= 11 is 0. The van der Waals surface area contributed by atoms with Crippen LogP contribution in [0.4, 0.5) is 0 Å². The van der Waals surface area contributed by atoms with Gasteiger partial charge in [-0.25, -0.2) is 0 Å². The molecule has 0 aromatic rings. The van der Waals surface area contributed by atoms with Crippen molar-refractivity contribution in [3.63, 3.8) is 0 Å². The molecule has 0 spiro atoms. The molecule has 0 heterocycles. The van der Waals surface area contributed by atoms with Crippen molar-refractivity contribution < 1.29 is 48.7 Å². The molecule has 1 atom stereocenters. The van der Waals surface area contributed by atoms with Gasteiger partial charge in [0.25, 0.3) is 10.1 Å². The van der Waals surface area contributed by atoms with Gasteiger partial charge in [0, 0.05) is 13.0 Å². The van der Waals surface area contributed by atoms with E-state index < -0.39 is 21.2 Å². The molecule has 0 rings (SSSR count).